The monoisotopic (exact) mass is 289 g/mol. The van der Waals surface area contributed by atoms with Gasteiger partial charge in [0.2, 0.25) is 5.91 Å². The van der Waals surface area contributed by atoms with Crippen molar-refractivity contribution in [3.8, 4) is 0 Å². The van der Waals surface area contributed by atoms with Crippen molar-refractivity contribution in [1.29, 1.82) is 0 Å². The molecular weight excluding hydrogens is 270 g/mol. The third-order valence-electron chi connectivity index (χ3n) is 3.83. The van der Waals surface area contributed by atoms with E-state index < -0.39 is 0 Å². The highest BCUT2D eigenvalue weighted by Crippen LogP contribution is 2.13. The predicted octanol–water partition coefficient (Wildman–Crippen LogP) is 0.776. The summed E-state index contributed by atoms with van der Waals surface area (Å²) in [5, 5.41) is 4.03. The summed E-state index contributed by atoms with van der Waals surface area (Å²) < 4.78 is 6.95. The number of piperazine rings is 1. The molecule has 1 atom stereocenters. The van der Waals surface area contributed by atoms with Gasteiger partial charge in [0.1, 0.15) is 24.5 Å². The molecule has 0 N–H and O–H groups in total. The van der Waals surface area contributed by atoms with E-state index in [0.717, 1.165) is 38.5 Å². The minimum Gasteiger partial charge on any atom is -0.468 e. The molecule has 3 rings (SSSR count). The zero-order valence-corrected chi connectivity index (χ0v) is 12.1. The van der Waals surface area contributed by atoms with Crippen molar-refractivity contribution in [3.63, 3.8) is 0 Å². The molecule has 0 bridgehead atoms. The van der Waals surface area contributed by atoms with E-state index in [0.29, 0.717) is 0 Å². The van der Waals surface area contributed by atoms with Crippen LogP contribution in [0.5, 0.6) is 0 Å². The number of carbonyl (C=O) groups is 1. The van der Waals surface area contributed by atoms with Gasteiger partial charge in [0.15, 0.2) is 0 Å². The van der Waals surface area contributed by atoms with Crippen molar-refractivity contribution in [3.05, 3.63) is 36.8 Å². The Morgan fingerprint density at radius 1 is 1.38 bits per heavy atom. The Morgan fingerprint density at radius 2 is 2.19 bits per heavy atom. The minimum absolute atomic E-state index is 0.0955. The van der Waals surface area contributed by atoms with E-state index in [4.69, 9.17) is 4.42 Å². The van der Waals surface area contributed by atoms with Crippen LogP contribution in [0.1, 0.15) is 18.7 Å². The Bertz CT molecular complexity index is 558. The molecule has 7 nitrogen and oxygen atoms in total. The Labute approximate surface area is 123 Å². The molecular formula is C14H19N5O2. The maximum absolute atomic E-state index is 12.4. The molecule has 2 aromatic rings. The van der Waals surface area contributed by atoms with Gasteiger partial charge in [-0.2, -0.15) is 5.10 Å². The van der Waals surface area contributed by atoms with Crippen LogP contribution in [0.15, 0.2) is 35.5 Å². The lowest BCUT2D eigenvalue weighted by Gasteiger charge is -2.35. The van der Waals surface area contributed by atoms with E-state index in [1.165, 1.54) is 6.33 Å². The van der Waals surface area contributed by atoms with Crippen LogP contribution in [0.3, 0.4) is 0 Å². The zero-order chi connectivity index (χ0) is 14.7. The first-order valence-electron chi connectivity index (χ1n) is 7.11. The van der Waals surface area contributed by atoms with Crippen molar-refractivity contribution < 1.29 is 9.21 Å². The van der Waals surface area contributed by atoms with Crippen LogP contribution in [0.25, 0.3) is 0 Å². The molecule has 2 aromatic heterocycles. The third kappa shape index (κ3) is 3.13. The van der Waals surface area contributed by atoms with Crippen molar-refractivity contribution >= 4 is 5.91 Å². The summed E-state index contributed by atoms with van der Waals surface area (Å²) in [6.07, 6.45) is 4.72. The summed E-state index contributed by atoms with van der Waals surface area (Å²) in [6.45, 7) is 5.84. The predicted molar refractivity (Wildman–Crippen MR) is 75.3 cm³/mol. The maximum Gasteiger partial charge on any atom is 0.247 e. The summed E-state index contributed by atoms with van der Waals surface area (Å²) in [4.78, 5) is 20.5. The number of amides is 1. The Balaban J connectivity index is 1.52. The molecule has 0 aromatic carbocycles. The largest absolute Gasteiger partial charge is 0.468 e. The maximum atomic E-state index is 12.4. The van der Waals surface area contributed by atoms with Crippen molar-refractivity contribution in [2.45, 2.75) is 19.5 Å². The Kier molecular flexibility index (Phi) is 4.01. The van der Waals surface area contributed by atoms with Gasteiger partial charge in [-0.15, -0.1) is 0 Å². The molecule has 21 heavy (non-hydrogen) atoms. The topological polar surface area (TPSA) is 67.4 Å². The zero-order valence-electron chi connectivity index (χ0n) is 12.1. The summed E-state index contributed by atoms with van der Waals surface area (Å²) in [6, 6.07) is 3.57. The molecule has 0 spiro atoms. The fourth-order valence-corrected chi connectivity index (χ4v) is 2.54. The molecule has 1 fully saturated rings. The number of hydrogen-bond acceptors (Lipinski definition) is 5. The van der Waals surface area contributed by atoms with Crippen molar-refractivity contribution in [2.24, 2.45) is 0 Å². The first-order chi connectivity index (χ1) is 10.2. The van der Waals surface area contributed by atoms with Gasteiger partial charge in [-0.1, -0.05) is 0 Å². The molecule has 3 heterocycles. The van der Waals surface area contributed by atoms with Crippen LogP contribution < -0.4 is 0 Å². The lowest BCUT2D eigenvalue weighted by Crippen LogP contribution is -2.49. The summed E-state index contributed by atoms with van der Waals surface area (Å²) >= 11 is 0. The van der Waals surface area contributed by atoms with Crippen molar-refractivity contribution in [1.82, 2.24) is 24.6 Å². The highest BCUT2D eigenvalue weighted by Gasteiger charge is 2.26. The molecule has 0 radical (unpaired) electrons. The fraction of sp³-hybridized carbons (Fsp3) is 0.500. The van der Waals surface area contributed by atoms with Gasteiger partial charge in [0, 0.05) is 26.2 Å². The van der Waals surface area contributed by atoms with Crippen LogP contribution in [-0.2, 0) is 11.3 Å². The number of aromatic nitrogens is 3. The van der Waals surface area contributed by atoms with Crippen molar-refractivity contribution in [2.75, 3.05) is 26.2 Å². The molecule has 1 aliphatic rings. The van der Waals surface area contributed by atoms with Gasteiger partial charge in [0.05, 0.1) is 12.8 Å². The number of nitrogens with zero attached hydrogens (tertiary/aromatic N) is 5. The van der Waals surface area contributed by atoms with Gasteiger partial charge in [-0.3, -0.25) is 9.69 Å². The number of rotatable bonds is 4. The van der Waals surface area contributed by atoms with Gasteiger partial charge in [-0.05, 0) is 19.1 Å². The van der Waals surface area contributed by atoms with Crippen LogP contribution >= 0.6 is 0 Å². The summed E-state index contributed by atoms with van der Waals surface area (Å²) in [5.74, 6) is 1.06. The number of furan rings is 1. The van der Waals surface area contributed by atoms with E-state index in [2.05, 4.69) is 15.0 Å². The highest BCUT2D eigenvalue weighted by atomic mass is 16.3. The number of hydrogen-bond donors (Lipinski definition) is 0. The van der Waals surface area contributed by atoms with Gasteiger partial charge >= 0.3 is 0 Å². The normalized spacial score (nSPS) is 17.9. The van der Waals surface area contributed by atoms with Gasteiger partial charge in [0.25, 0.3) is 0 Å². The molecule has 1 aliphatic heterocycles. The first-order valence-corrected chi connectivity index (χ1v) is 7.11. The van der Waals surface area contributed by atoms with Gasteiger partial charge < -0.3 is 9.32 Å². The van der Waals surface area contributed by atoms with E-state index in [9.17, 15) is 4.79 Å². The third-order valence-corrected chi connectivity index (χ3v) is 3.83. The highest BCUT2D eigenvalue weighted by molar-refractivity contribution is 5.80. The lowest BCUT2D eigenvalue weighted by atomic mass is 10.2. The van der Waals surface area contributed by atoms with E-state index in [1.54, 1.807) is 17.3 Å². The second-order valence-corrected chi connectivity index (χ2v) is 5.23. The fourth-order valence-electron chi connectivity index (χ4n) is 2.54. The first kappa shape index (κ1) is 13.8. The molecule has 1 amide bonds. The van der Waals surface area contributed by atoms with Crippen LogP contribution in [0, 0.1) is 0 Å². The minimum atomic E-state index is -0.302. The van der Waals surface area contributed by atoms with Crippen LogP contribution in [-0.4, -0.2) is 56.7 Å². The molecule has 1 saturated heterocycles. The lowest BCUT2D eigenvalue weighted by molar-refractivity contribution is -0.136. The second kappa shape index (κ2) is 6.09. The smallest absolute Gasteiger partial charge is 0.247 e. The van der Waals surface area contributed by atoms with E-state index in [-0.39, 0.29) is 11.9 Å². The van der Waals surface area contributed by atoms with E-state index in [1.807, 2.05) is 24.0 Å². The Hall–Kier alpha value is -2.15. The Morgan fingerprint density at radius 3 is 2.81 bits per heavy atom. The average Bonchev–Trinajstić information content (AvgIpc) is 3.20. The SMILES string of the molecule is C[C@H](C(=O)N1CCN(Cc2ccco2)CC1)n1cncn1. The molecule has 7 heteroatoms. The average molecular weight is 289 g/mol. The summed E-state index contributed by atoms with van der Waals surface area (Å²) in [7, 11) is 0. The second-order valence-electron chi connectivity index (χ2n) is 5.23. The van der Waals surface area contributed by atoms with Gasteiger partial charge in [-0.25, -0.2) is 9.67 Å². The molecule has 0 saturated carbocycles. The number of carbonyl (C=O) groups excluding carboxylic acids is 1. The quantitative estimate of drug-likeness (QED) is 0.832. The van der Waals surface area contributed by atoms with E-state index >= 15 is 0 Å². The summed E-state index contributed by atoms with van der Waals surface area (Å²) in [5.41, 5.74) is 0. The standard InChI is InChI=1S/C14H19N5O2/c1-12(19-11-15-10-16-19)14(20)18-6-4-17(5-7-18)9-13-3-2-8-21-13/h2-3,8,10-12H,4-7,9H2,1H3/t12-/m1/s1. The molecule has 112 valence electrons. The molecule has 0 unspecified atom stereocenters. The molecule has 0 aliphatic carbocycles. The van der Waals surface area contributed by atoms with Crippen LogP contribution in [0.2, 0.25) is 0 Å². The van der Waals surface area contributed by atoms with Crippen LogP contribution in [0.4, 0.5) is 0 Å².